The van der Waals surface area contributed by atoms with E-state index in [4.69, 9.17) is 0 Å². The van der Waals surface area contributed by atoms with E-state index in [9.17, 15) is 4.79 Å². The molecule has 3 rings (SSSR count). The highest BCUT2D eigenvalue weighted by Crippen LogP contribution is 2.27. The van der Waals surface area contributed by atoms with E-state index in [0.29, 0.717) is 11.8 Å². The van der Waals surface area contributed by atoms with E-state index in [1.807, 2.05) is 24.3 Å². The van der Waals surface area contributed by atoms with Gasteiger partial charge in [-0.05, 0) is 31.9 Å². The van der Waals surface area contributed by atoms with Crippen LogP contribution in [-0.4, -0.2) is 27.7 Å². The number of imidazole rings is 1. The number of rotatable bonds is 5. The monoisotopic (exact) mass is 303 g/mol. The summed E-state index contributed by atoms with van der Waals surface area (Å²) in [5.74, 6) is 1.58. The molecule has 1 aliphatic carbocycles. The molecule has 0 spiro atoms. The van der Waals surface area contributed by atoms with Crippen molar-refractivity contribution in [1.82, 2.24) is 15.3 Å². The van der Waals surface area contributed by atoms with Crippen LogP contribution in [0.3, 0.4) is 0 Å². The first-order valence-corrected chi connectivity index (χ1v) is 8.63. The summed E-state index contributed by atoms with van der Waals surface area (Å²) in [4.78, 5) is 19.9. The van der Waals surface area contributed by atoms with Crippen molar-refractivity contribution in [3.8, 4) is 0 Å². The molecule has 0 saturated heterocycles. The van der Waals surface area contributed by atoms with Crippen molar-refractivity contribution in [2.45, 2.75) is 43.9 Å². The zero-order chi connectivity index (χ0) is 14.7. The van der Waals surface area contributed by atoms with Gasteiger partial charge in [0.05, 0.1) is 22.0 Å². The van der Waals surface area contributed by atoms with Crippen LogP contribution in [-0.2, 0) is 4.79 Å². The maximum Gasteiger partial charge on any atom is 0.230 e. The van der Waals surface area contributed by atoms with Crippen molar-refractivity contribution in [3.05, 3.63) is 30.1 Å². The van der Waals surface area contributed by atoms with Crippen LogP contribution in [0.25, 0.3) is 11.0 Å². The minimum absolute atomic E-state index is 0.148. The lowest BCUT2D eigenvalue weighted by Gasteiger charge is -2.13. The summed E-state index contributed by atoms with van der Waals surface area (Å²) in [5, 5.41) is 3.31. The molecule has 1 aromatic heterocycles. The molecule has 1 aliphatic rings. The molecule has 21 heavy (non-hydrogen) atoms. The summed E-state index contributed by atoms with van der Waals surface area (Å²) in [6, 6.07) is 8.41. The average Bonchev–Trinajstić information content (AvgIpc) is 3.13. The van der Waals surface area contributed by atoms with Crippen LogP contribution >= 0.6 is 11.8 Å². The van der Waals surface area contributed by atoms with Gasteiger partial charge in [-0.2, -0.15) is 0 Å². The van der Waals surface area contributed by atoms with Crippen molar-refractivity contribution < 1.29 is 4.79 Å². The van der Waals surface area contributed by atoms with Gasteiger partial charge in [0, 0.05) is 6.04 Å². The molecule has 5 heteroatoms. The van der Waals surface area contributed by atoms with Crippen LogP contribution in [0, 0.1) is 0 Å². The molecule has 1 saturated carbocycles. The third-order valence-corrected chi connectivity index (χ3v) is 5.13. The van der Waals surface area contributed by atoms with Crippen LogP contribution in [0.15, 0.2) is 24.3 Å². The Morgan fingerprint density at radius 2 is 2.19 bits per heavy atom. The Bertz CT molecular complexity index is 586. The quantitative estimate of drug-likeness (QED) is 0.890. The van der Waals surface area contributed by atoms with E-state index in [2.05, 4.69) is 22.2 Å². The molecule has 1 fully saturated rings. The number of aromatic nitrogens is 2. The van der Waals surface area contributed by atoms with Gasteiger partial charge in [-0.25, -0.2) is 4.98 Å². The highest BCUT2D eigenvalue weighted by atomic mass is 32.2. The lowest BCUT2D eigenvalue weighted by atomic mass is 10.2. The Kier molecular flexibility index (Phi) is 4.48. The minimum atomic E-state index is 0.148. The second-order valence-corrected chi connectivity index (χ2v) is 6.97. The fraction of sp³-hybridized carbons (Fsp3) is 0.500. The molecule has 1 atom stereocenters. The summed E-state index contributed by atoms with van der Waals surface area (Å²) in [6.45, 7) is 2.09. The van der Waals surface area contributed by atoms with E-state index in [1.54, 1.807) is 11.8 Å². The Hall–Kier alpha value is -1.49. The van der Waals surface area contributed by atoms with Gasteiger partial charge >= 0.3 is 0 Å². The first-order valence-electron chi connectivity index (χ1n) is 7.58. The van der Waals surface area contributed by atoms with E-state index in [-0.39, 0.29) is 11.2 Å². The molecular weight excluding hydrogens is 282 g/mol. The third kappa shape index (κ3) is 3.59. The van der Waals surface area contributed by atoms with Crippen LogP contribution in [0.1, 0.15) is 43.7 Å². The predicted octanol–water partition coefficient (Wildman–Crippen LogP) is 3.42. The number of hydrogen-bond donors (Lipinski definition) is 2. The molecule has 0 radical (unpaired) electrons. The van der Waals surface area contributed by atoms with E-state index in [0.717, 1.165) is 29.7 Å². The number of fused-ring (bicyclic) bond motifs is 1. The van der Waals surface area contributed by atoms with E-state index in [1.165, 1.54) is 12.8 Å². The van der Waals surface area contributed by atoms with Crippen molar-refractivity contribution in [1.29, 1.82) is 0 Å². The standard InChI is InChI=1S/C16H21N3OS/c1-11(16-18-13-8-4-5-9-14(13)19-16)21-10-15(20)17-12-6-2-3-7-12/h4-5,8-9,11-12H,2-3,6-7,10H2,1H3,(H,17,20)(H,18,19)/t11-/m0/s1. The lowest BCUT2D eigenvalue weighted by molar-refractivity contribution is -0.119. The van der Waals surface area contributed by atoms with Crippen molar-refractivity contribution >= 4 is 28.7 Å². The number of carbonyl (C=O) groups is 1. The topological polar surface area (TPSA) is 57.8 Å². The molecule has 112 valence electrons. The zero-order valence-electron chi connectivity index (χ0n) is 12.3. The summed E-state index contributed by atoms with van der Waals surface area (Å²) >= 11 is 1.63. The normalized spacial score (nSPS) is 17.2. The molecule has 0 bridgehead atoms. The maximum absolute atomic E-state index is 11.9. The molecule has 1 heterocycles. The zero-order valence-corrected chi connectivity index (χ0v) is 13.1. The number of nitrogens with one attached hydrogen (secondary N) is 2. The third-order valence-electron chi connectivity index (χ3n) is 3.98. The summed E-state index contributed by atoms with van der Waals surface area (Å²) in [5.41, 5.74) is 2.03. The van der Waals surface area contributed by atoms with Gasteiger partial charge in [0.15, 0.2) is 0 Å². The van der Waals surface area contributed by atoms with Gasteiger partial charge < -0.3 is 10.3 Å². The number of nitrogens with zero attached hydrogens (tertiary/aromatic N) is 1. The van der Waals surface area contributed by atoms with Gasteiger partial charge in [-0.1, -0.05) is 25.0 Å². The van der Waals surface area contributed by atoms with E-state index < -0.39 is 0 Å². The van der Waals surface area contributed by atoms with Crippen molar-refractivity contribution in [2.75, 3.05) is 5.75 Å². The van der Waals surface area contributed by atoms with Gasteiger partial charge in [-0.3, -0.25) is 4.79 Å². The van der Waals surface area contributed by atoms with Gasteiger partial charge in [-0.15, -0.1) is 11.8 Å². The number of H-pyrrole nitrogens is 1. The Morgan fingerprint density at radius 1 is 1.43 bits per heavy atom. The fourth-order valence-electron chi connectivity index (χ4n) is 2.78. The SMILES string of the molecule is C[C@H](SCC(=O)NC1CCCC1)c1nc2ccccc2[nH]1. The molecule has 2 N–H and O–H groups in total. The number of aromatic amines is 1. The summed E-state index contributed by atoms with van der Waals surface area (Å²) in [6.07, 6.45) is 4.76. The van der Waals surface area contributed by atoms with Gasteiger partial charge in [0.2, 0.25) is 5.91 Å². The predicted molar refractivity (Wildman–Crippen MR) is 87.4 cm³/mol. The summed E-state index contributed by atoms with van der Waals surface area (Å²) < 4.78 is 0. The largest absolute Gasteiger partial charge is 0.353 e. The highest BCUT2D eigenvalue weighted by Gasteiger charge is 2.18. The van der Waals surface area contributed by atoms with Crippen LogP contribution in [0.4, 0.5) is 0 Å². The number of para-hydroxylation sites is 2. The maximum atomic E-state index is 11.9. The minimum Gasteiger partial charge on any atom is -0.353 e. The Balaban J connectivity index is 1.53. The van der Waals surface area contributed by atoms with Crippen LogP contribution < -0.4 is 5.32 Å². The molecule has 0 unspecified atom stereocenters. The summed E-state index contributed by atoms with van der Waals surface area (Å²) in [7, 11) is 0. The second kappa shape index (κ2) is 6.52. The highest BCUT2D eigenvalue weighted by molar-refractivity contribution is 8.00. The van der Waals surface area contributed by atoms with Crippen molar-refractivity contribution in [2.24, 2.45) is 0 Å². The molecular formula is C16H21N3OS. The van der Waals surface area contributed by atoms with E-state index >= 15 is 0 Å². The van der Waals surface area contributed by atoms with Crippen molar-refractivity contribution in [3.63, 3.8) is 0 Å². The Morgan fingerprint density at radius 3 is 2.95 bits per heavy atom. The van der Waals surface area contributed by atoms with Crippen LogP contribution in [0.5, 0.6) is 0 Å². The molecule has 0 aliphatic heterocycles. The molecule has 1 aromatic carbocycles. The first kappa shape index (κ1) is 14.4. The molecule has 1 amide bonds. The van der Waals surface area contributed by atoms with Gasteiger partial charge in [0.25, 0.3) is 0 Å². The number of carbonyl (C=O) groups excluding carboxylic acids is 1. The molecule has 2 aromatic rings. The van der Waals surface area contributed by atoms with Gasteiger partial charge in [0.1, 0.15) is 5.82 Å². The van der Waals surface area contributed by atoms with Crippen LogP contribution in [0.2, 0.25) is 0 Å². The second-order valence-electron chi connectivity index (χ2n) is 5.64. The number of amides is 1. The Labute approximate surface area is 129 Å². The first-order chi connectivity index (χ1) is 10.2. The number of thioether (sulfide) groups is 1. The smallest absolute Gasteiger partial charge is 0.230 e. The number of benzene rings is 1. The molecule has 4 nitrogen and oxygen atoms in total. The fourth-order valence-corrected chi connectivity index (χ4v) is 3.54. The lowest BCUT2D eigenvalue weighted by Crippen LogP contribution is -2.34. The number of hydrogen-bond acceptors (Lipinski definition) is 3. The average molecular weight is 303 g/mol.